The van der Waals surface area contributed by atoms with E-state index in [-0.39, 0.29) is 27.1 Å². The van der Waals surface area contributed by atoms with E-state index >= 15 is 0 Å². The molecule has 0 aliphatic carbocycles. The Bertz CT molecular complexity index is 711. The van der Waals surface area contributed by atoms with Gasteiger partial charge in [-0.3, -0.25) is 4.98 Å². The Morgan fingerprint density at radius 2 is 1.96 bits per heavy atom. The summed E-state index contributed by atoms with van der Waals surface area (Å²) in [6, 6.07) is 3.40. The number of nitrogens with two attached hydrogens (primary N) is 1. The lowest BCUT2D eigenvalue weighted by Crippen LogP contribution is -2.10. The highest BCUT2D eigenvalue weighted by Crippen LogP contribution is 2.39. The first-order chi connectivity index (χ1) is 10.8. The molecule has 2 rings (SSSR count). The first-order valence-corrected chi connectivity index (χ1v) is 7.36. The molecule has 3 nitrogen and oxygen atoms in total. The molecule has 0 spiro atoms. The van der Waals surface area contributed by atoms with Gasteiger partial charge in [0.2, 0.25) is 0 Å². The number of hydrogen-bond donors (Lipinski definition) is 1. The molecular formula is C15H13Cl2F3N2O. The fourth-order valence-corrected chi connectivity index (χ4v) is 2.55. The van der Waals surface area contributed by atoms with Crippen LogP contribution in [0.2, 0.25) is 10.0 Å². The summed E-state index contributed by atoms with van der Waals surface area (Å²) in [4.78, 5) is 3.96. The monoisotopic (exact) mass is 364 g/mol. The van der Waals surface area contributed by atoms with E-state index in [1.807, 2.05) is 0 Å². The predicted octanol–water partition coefficient (Wildman–Crippen LogP) is 4.86. The van der Waals surface area contributed by atoms with E-state index in [1.165, 1.54) is 24.4 Å². The Morgan fingerprint density at radius 1 is 1.26 bits per heavy atom. The van der Waals surface area contributed by atoms with Crippen molar-refractivity contribution in [2.45, 2.75) is 19.4 Å². The molecule has 2 aromatic rings. The first kappa shape index (κ1) is 17.8. The average molecular weight is 365 g/mol. The van der Waals surface area contributed by atoms with E-state index in [0.717, 1.165) is 0 Å². The second-order valence-electron chi connectivity index (χ2n) is 4.85. The molecule has 1 aromatic carbocycles. The maximum atomic E-state index is 14.1. The van der Waals surface area contributed by atoms with Crippen LogP contribution in [0.5, 0.6) is 5.75 Å². The molecule has 0 fully saturated rings. The standard InChI is InChI=1S/C15H13Cl2F3N2O/c1-7(21)14-12(18)2-8(5-22-14)10-3-9(16)4-11(17)15(10)23-6-13(19)20/h2-5,7,13H,6,21H2,1H3. The molecule has 0 bridgehead atoms. The lowest BCUT2D eigenvalue weighted by atomic mass is 10.0. The van der Waals surface area contributed by atoms with Crippen molar-refractivity contribution in [2.24, 2.45) is 5.73 Å². The molecule has 1 aromatic heterocycles. The van der Waals surface area contributed by atoms with Gasteiger partial charge in [0.25, 0.3) is 6.43 Å². The van der Waals surface area contributed by atoms with Gasteiger partial charge in [0.1, 0.15) is 18.2 Å². The summed E-state index contributed by atoms with van der Waals surface area (Å²) >= 11 is 11.9. The summed E-state index contributed by atoms with van der Waals surface area (Å²) in [5.41, 5.74) is 6.27. The Balaban J connectivity index is 2.51. The smallest absolute Gasteiger partial charge is 0.272 e. The highest BCUT2D eigenvalue weighted by Gasteiger charge is 2.17. The maximum absolute atomic E-state index is 14.1. The summed E-state index contributed by atoms with van der Waals surface area (Å²) in [6.45, 7) is 0.751. The normalized spacial score (nSPS) is 12.5. The van der Waals surface area contributed by atoms with Crippen molar-refractivity contribution in [1.82, 2.24) is 4.98 Å². The van der Waals surface area contributed by atoms with E-state index in [2.05, 4.69) is 4.98 Å². The molecule has 1 atom stereocenters. The Morgan fingerprint density at radius 3 is 2.52 bits per heavy atom. The Labute approximate surface area is 141 Å². The summed E-state index contributed by atoms with van der Waals surface area (Å²) in [5.74, 6) is -0.625. The zero-order valence-corrected chi connectivity index (χ0v) is 13.5. The SMILES string of the molecule is CC(N)c1ncc(-c2cc(Cl)cc(Cl)c2OCC(F)F)cc1F. The minimum Gasteiger partial charge on any atom is -0.485 e. The van der Waals surface area contributed by atoms with Gasteiger partial charge in [-0.15, -0.1) is 0 Å². The number of benzene rings is 1. The van der Waals surface area contributed by atoms with Crippen molar-refractivity contribution in [2.75, 3.05) is 6.61 Å². The van der Waals surface area contributed by atoms with Crippen LogP contribution in [0.15, 0.2) is 24.4 Å². The van der Waals surface area contributed by atoms with E-state index in [4.69, 9.17) is 33.7 Å². The number of aromatic nitrogens is 1. The summed E-state index contributed by atoms with van der Waals surface area (Å²) in [5, 5.41) is 0.302. The number of rotatable bonds is 5. The molecule has 0 amide bonds. The molecule has 8 heteroatoms. The molecular weight excluding hydrogens is 352 g/mol. The highest BCUT2D eigenvalue weighted by molar-refractivity contribution is 6.36. The minimum absolute atomic E-state index is 0.00823. The van der Waals surface area contributed by atoms with E-state index in [0.29, 0.717) is 5.56 Å². The largest absolute Gasteiger partial charge is 0.485 e. The molecule has 2 N–H and O–H groups in total. The Kier molecular flexibility index (Phi) is 5.73. The van der Waals surface area contributed by atoms with E-state index in [9.17, 15) is 13.2 Å². The number of ether oxygens (including phenoxy) is 1. The third kappa shape index (κ3) is 4.28. The number of hydrogen-bond acceptors (Lipinski definition) is 3. The summed E-state index contributed by atoms with van der Waals surface area (Å²) in [6.07, 6.45) is -1.32. The van der Waals surface area contributed by atoms with Crippen molar-refractivity contribution in [3.8, 4) is 16.9 Å². The van der Waals surface area contributed by atoms with Crippen LogP contribution in [0, 0.1) is 5.82 Å². The second kappa shape index (κ2) is 7.38. The predicted molar refractivity (Wildman–Crippen MR) is 83.8 cm³/mol. The van der Waals surface area contributed by atoms with Crippen LogP contribution in [0.25, 0.3) is 11.1 Å². The van der Waals surface area contributed by atoms with Crippen molar-refractivity contribution >= 4 is 23.2 Å². The lowest BCUT2D eigenvalue weighted by Gasteiger charge is -2.15. The van der Waals surface area contributed by atoms with Crippen LogP contribution in [-0.4, -0.2) is 18.0 Å². The van der Waals surface area contributed by atoms with Gasteiger partial charge in [-0.2, -0.15) is 0 Å². The van der Waals surface area contributed by atoms with Gasteiger partial charge in [-0.25, -0.2) is 13.2 Å². The topological polar surface area (TPSA) is 48.1 Å². The van der Waals surface area contributed by atoms with Gasteiger partial charge < -0.3 is 10.5 Å². The quantitative estimate of drug-likeness (QED) is 0.824. The number of alkyl halides is 2. The average Bonchev–Trinajstić information content (AvgIpc) is 2.44. The van der Waals surface area contributed by atoms with Gasteiger partial charge in [0.15, 0.2) is 0 Å². The fourth-order valence-electron chi connectivity index (χ4n) is 2.00. The van der Waals surface area contributed by atoms with Crippen LogP contribution in [-0.2, 0) is 0 Å². The fraction of sp³-hybridized carbons (Fsp3) is 0.267. The molecule has 124 valence electrons. The van der Waals surface area contributed by atoms with Crippen molar-refractivity contribution < 1.29 is 17.9 Å². The zero-order chi connectivity index (χ0) is 17.1. The molecule has 1 unspecified atom stereocenters. The van der Waals surface area contributed by atoms with Gasteiger partial charge in [0, 0.05) is 28.4 Å². The van der Waals surface area contributed by atoms with Crippen molar-refractivity contribution in [3.63, 3.8) is 0 Å². The number of nitrogens with zero attached hydrogens (tertiary/aromatic N) is 1. The molecule has 0 saturated heterocycles. The van der Waals surface area contributed by atoms with Crippen LogP contribution < -0.4 is 10.5 Å². The van der Waals surface area contributed by atoms with Crippen LogP contribution in [0.3, 0.4) is 0 Å². The minimum atomic E-state index is -2.68. The molecule has 0 saturated carbocycles. The first-order valence-electron chi connectivity index (χ1n) is 6.61. The molecule has 0 aliphatic rings. The number of pyridine rings is 1. The van der Waals surface area contributed by atoms with Gasteiger partial charge >= 0.3 is 0 Å². The van der Waals surface area contributed by atoms with Crippen LogP contribution in [0.1, 0.15) is 18.7 Å². The van der Waals surface area contributed by atoms with E-state index in [1.54, 1.807) is 6.92 Å². The second-order valence-corrected chi connectivity index (χ2v) is 5.69. The van der Waals surface area contributed by atoms with Crippen molar-refractivity contribution in [1.29, 1.82) is 0 Å². The maximum Gasteiger partial charge on any atom is 0.272 e. The molecule has 0 radical (unpaired) electrons. The third-order valence-electron chi connectivity index (χ3n) is 2.97. The van der Waals surface area contributed by atoms with Gasteiger partial charge in [-0.05, 0) is 25.1 Å². The molecule has 23 heavy (non-hydrogen) atoms. The van der Waals surface area contributed by atoms with E-state index < -0.39 is 24.9 Å². The van der Waals surface area contributed by atoms with Crippen molar-refractivity contribution in [3.05, 3.63) is 46.0 Å². The third-order valence-corrected chi connectivity index (χ3v) is 3.47. The summed E-state index contributed by atoms with van der Waals surface area (Å²) in [7, 11) is 0. The summed E-state index contributed by atoms with van der Waals surface area (Å²) < 4.78 is 43.9. The van der Waals surface area contributed by atoms with Crippen LogP contribution >= 0.6 is 23.2 Å². The molecule has 1 heterocycles. The van der Waals surface area contributed by atoms with Gasteiger partial charge in [-0.1, -0.05) is 23.2 Å². The molecule has 0 aliphatic heterocycles. The number of halogens is 5. The highest BCUT2D eigenvalue weighted by atomic mass is 35.5. The van der Waals surface area contributed by atoms with Gasteiger partial charge in [0.05, 0.1) is 10.7 Å². The zero-order valence-electron chi connectivity index (χ0n) is 12.0. The Hall–Kier alpha value is -1.50. The lowest BCUT2D eigenvalue weighted by molar-refractivity contribution is 0.0822. The van der Waals surface area contributed by atoms with Crippen LogP contribution in [0.4, 0.5) is 13.2 Å².